The Balaban J connectivity index is 1.57. The van der Waals surface area contributed by atoms with E-state index in [9.17, 15) is 4.79 Å². The molecule has 1 aromatic heterocycles. The zero-order chi connectivity index (χ0) is 21.7. The number of hydrazine groups is 1. The molecule has 166 valence electrons. The van der Waals surface area contributed by atoms with Gasteiger partial charge in [0.2, 0.25) is 5.91 Å². The number of carbonyl (C=O) groups is 1. The fourth-order valence-electron chi connectivity index (χ4n) is 5.06. The number of pyridine rings is 1. The molecule has 0 N–H and O–H groups in total. The maximum atomic E-state index is 14.0. The Labute approximate surface area is 185 Å². The number of hydrogen-bond acceptors (Lipinski definition) is 5. The second kappa shape index (κ2) is 9.69. The third-order valence-electron chi connectivity index (χ3n) is 6.96. The first-order chi connectivity index (χ1) is 15.2. The molecule has 0 radical (unpaired) electrons. The van der Waals surface area contributed by atoms with Crippen LogP contribution in [0.1, 0.15) is 45.4 Å². The molecule has 6 heteroatoms. The number of para-hydroxylation sites is 2. The molecule has 2 fully saturated rings. The van der Waals surface area contributed by atoms with Crippen LogP contribution < -0.4 is 14.6 Å². The molecule has 2 aromatic rings. The molecular formula is C25H34N4O2. The number of carbonyl (C=O) groups excluding carboxylic acids is 1. The number of nitrogens with zero attached hydrogens (tertiary/aromatic N) is 4. The first-order valence-electron chi connectivity index (χ1n) is 11.6. The zero-order valence-electron chi connectivity index (χ0n) is 18.8. The Morgan fingerprint density at radius 2 is 1.74 bits per heavy atom. The number of aromatic nitrogens is 1. The minimum absolute atomic E-state index is 0.221. The summed E-state index contributed by atoms with van der Waals surface area (Å²) in [6.45, 7) is 5.35. The Kier molecular flexibility index (Phi) is 6.76. The molecule has 1 aromatic carbocycles. The normalized spacial score (nSPS) is 19.1. The van der Waals surface area contributed by atoms with E-state index in [1.807, 2.05) is 41.4 Å². The highest BCUT2D eigenvalue weighted by Gasteiger charge is 2.43. The second-order valence-electron chi connectivity index (χ2n) is 8.61. The summed E-state index contributed by atoms with van der Waals surface area (Å²) in [5.41, 5.74) is 0.841. The van der Waals surface area contributed by atoms with Crippen molar-refractivity contribution in [2.75, 3.05) is 43.2 Å². The summed E-state index contributed by atoms with van der Waals surface area (Å²) in [4.78, 5) is 20.9. The number of benzene rings is 1. The third kappa shape index (κ3) is 4.40. The Morgan fingerprint density at radius 1 is 1.03 bits per heavy atom. The van der Waals surface area contributed by atoms with Crippen LogP contribution in [-0.2, 0) is 4.79 Å². The molecule has 0 spiro atoms. The average Bonchev–Trinajstić information content (AvgIpc) is 2.85. The number of methoxy groups -OCH3 is 1. The first-order valence-corrected chi connectivity index (χ1v) is 11.6. The zero-order valence-corrected chi connectivity index (χ0v) is 18.8. The number of anilines is 2. The van der Waals surface area contributed by atoms with Crippen molar-refractivity contribution in [3.8, 4) is 5.75 Å². The molecule has 31 heavy (non-hydrogen) atoms. The van der Waals surface area contributed by atoms with E-state index in [-0.39, 0.29) is 11.3 Å². The minimum Gasteiger partial charge on any atom is -0.495 e. The van der Waals surface area contributed by atoms with E-state index < -0.39 is 0 Å². The molecule has 0 atom stereocenters. The summed E-state index contributed by atoms with van der Waals surface area (Å²) in [5.74, 6) is 1.84. The number of piperazine rings is 1. The molecular weight excluding hydrogens is 388 g/mol. The molecule has 1 aliphatic heterocycles. The number of amides is 1. The summed E-state index contributed by atoms with van der Waals surface area (Å²) in [5, 5.41) is 4.09. The minimum atomic E-state index is -0.268. The van der Waals surface area contributed by atoms with Gasteiger partial charge in [0.25, 0.3) is 0 Å². The van der Waals surface area contributed by atoms with E-state index in [1.165, 1.54) is 6.42 Å². The summed E-state index contributed by atoms with van der Waals surface area (Å²) in [7, 11) is 1.71. The van der Waals surface area contributed by atoms with Gasteiger partial charge in [0.05, 0.1) is 18.2 Å². The van der Waals surface area contributed by atoms with E-state index in [1.54, 1.807) is 13.3 Å². The molecule has 4 rings (SSSR count). The van der Waals surface area contributed by atoms with E-state index >= 15 is 0 Å². The van der Waals surface area contributed by atoms with Crippen molar-refractivity contribution in [1.82, 2.24) is 9.99 Å². The molecule has 6 nitrogen and oxygen atoms in total. The average molecular weight is 423 g/mol. The van der Waals surface area contributed by atoms with Gasteiger partial charge >= 0.3 is 0 Å². The second-order valence-corrected chi connectivity index (χ2v) is 8.61. The molecule has 1 amide bonds. The van der Waals surface area contributed by atoms with Crippen molar-refractivity contribution in [3.63, 3.8) is 0 Å². The lowest BCUT2D eigenvalue weighted by Crippen LogP contribution is -2.59. The summed E-state index contributed by atoms with van der Waals surface area (Å²) in [6, 6.07) is 14.0. The molecule has 2 heterocycles. The van der Waals surface area contributed by atoms with Crippen LogP contribution in [0.4, 0.5) is 11.5 Å². The van der Waals surface area contributed by atoms with Crippen molar-refractivity contribution in [2.45, 2.75) is 45.4 Å². The van der Waals surface area contributed by atoms with Crippen molar-refractivity contribution < 1.29 is 9.53 Å². The molecule has 0 unspecified atom stereocenters. The van der Waals surface area contributed by atoms with Crippen molar-refractivity contribution in [2.24, 2.45) is 5.41 Å². The molecule has 1 aliphatic carbocycles. The van der Waals surface area contributed by atoms with Gasteiger partial charge in [-0.2, -0.15) is 0 Å². The maximum absolute atomic E-state index is 14.0. The fraction of sp³-hybridized carbons (Fsp3) is 0.520. The maximum Gasteiger partial charge on any atom is 0.249 e. The van der Waals surface area contributed by atoms with Crippen LogP contribution in [0.3, 0.4) is 0 Å². The smallest absolute Gasteiger partial charge is 0.249 e. The number of hydrogen-bond donors (Lipinski definition) is 0. The summed E-state index contributed by atoms with van der Waals surface area (Å²) < 4.78 is 5.56. The van der Waals surface area contributed by atoms with Gasteiger partial charge in [0.15, 0.2) is 0 Å². The van der Waals surface area contributed by atoms with Crippen LogP contribution in [0, 0.1) is 5.41 Å². The number of ether oxygens (including phenoxy) is 1. The third-order valence-corrected chi connectivity index (χ3v) is 6.96. The first kappa shape index (κ1) is 21.6. The van der Waals surface area contributed by atoms with Crippen LogP contribution >= 0.6 is 0 Å². The van der Waals surface area contributed by atoms with Gasteiger partial charge < -0.3 is 9.64 Å². The van der Waals surface area contributed by atoms with E-state index in [2.05, 4.69) is 27.9 Å². The molecule has 1 saturated heterocycles. The van der Waals surface area contributed by atoms with Gasteiger partial charge in [-0.25, -0.2) is 15.0 Å². The van der Waals surface area contributed by atoms with Crippen molar-refractivity contribution in [3.05, 3.63) is 48.7 Å². The quantitative estimate of drug-likeness (QED) is 0.685. The van der Waals surface area contributed by atoms with E-state index in [0.29, 0.717) is 0 Å². The molecule has 1 saturated carbocycles. The van der Waals surface area contributed by atoms with E-state index in [4.69, 9.17) is 4.74 Å². The number of rotatable bonds is 6. The predicted octanol–water partition coefficient (Wildman–Crippen LogP) is 4.52. The topological polar surface area (TPSA) is 48.9 Å². The SMILES string of the molecule is CCC1(C(=O)N(c2ccccn2)N2CCN(c3ccccc3OC)CC2)CCCCC1. The molecule has 0 bridgehead atoms. The fourth-order valence-corrected chi connectivity index (χ4v) is 5.06. The highest BCUT2D eigenvalue weighted by atomic mass is 16.5. The lowest BCUT2D eigenvalue weighted by atomic mass is 9.71. The summed E-state index contributed by atoms with van der Waals surface area (Å²) in [6.07, 6.45) is 8.13. The molecule has 2 aliphatic rings. The lowest BCUT2D eigenvalue weighted by molar-refractivity contribution is -0.134. The van der Waals surface area contributed by atoms with Crippen LogP contribution in [0.25, 0.3) is 0 Å². The van der Waals surface area contributed by atoms with E-state index in [0.717, 1.165) is 75.5 Å². The highest BCUT2D eigenvalue weighted by Crippen LogP contribution is 2.42. The van der Waals surface area contributed by atoms with Crippen LogP contribution in [0.5, 0.6) is 5.75 Å². The predicted molar refractivity (Wildman–Crippen MR) is 124 cm³/mol. The summed E-state index contributed by atoms with van der Waals surface area (Å²) >= 11 is 0. The van der Waals surface area contributed by atoms with Gasteiger partial charge in [0, 0.05) is 32.4 Å². The standard InChI is InChI=1S/C25H34N4O2/c1-3-25(14-8-4-9-15-25)24(30)29(23-13-7-10-16-26-23)28-19-17-27(18-20-28)21-11-5-6-12-22(21)31-2/h5-7,10-13,16H,3-4,8-9,14-15,17-20H2,1-2H3. The van der Waals surface area contributed by atoms with Crippen molar-refractivity contribution >= 4 is 17.4 Å². The van der Waals surface area contributed by atoms with Crippen molar-refractivity contribution in [1.29, 1.82) is 0 Å². The Bertz CT molecular complexity index is 859. The van der Waals surface area contributed by atoms with Gasteiger partial charge in [0.1, 0.15) is 11.6 Å². The van der Waals surface area contributed by atoms with Gasteiger partial charge in [-0.1, -0.05) is 44.4 Å². The lowest BCUT2D eigenvalue weighted by Gasteiger charge is -2.45. The highest BCUT2D eigenvalue weighted by molar-refractivity contribution is 5.96. The van der Waals surface area contributed by atoms with Gasteiger partial charge in [-0.15, -0.1) is 0 Å². The van der Waals surface area contributed by atoms with Gasteiger partial charge in [-0.05, 0) is 43.5 Å². The van der Waals surface area contributed by atoms with Crippen LogP contribution in [-0.4, -0.2) is 49.2 Å². The van der Waals surface area contributed by atoms with Crippen LogP contribution in [0.15, 0.2) is 48.7 Å². The van der Waals surface area contributed by atoms with Crippen LogP contribution in [0.2, 0.25) is 0 Å². The largest absolute Gasteiger partial charge is 0.495 e. The Hall–Kier alpha value is -2.60. The van der Waals surface area contributed by atoms with Gasteiger partial charge in [-0.3, -0.25) is 4.79 Å². The monoisotopic (exact) mass is 422 g/mol. The Morgan fingerprint density at radius 3 is 2.39 bits per heavy atom.